The Morgan fingerprint density at radius 2 is 1.75 bits per heavy atom. The molecule has 1 amide bonds. The Morgan fingerprint density at radius 3 is 2.42 bits per heavy atom. The maximum absolute atomic E-state index is 13.2. The fourth-order valence-electron chi connectivity index (χ4n) is 3.40. The lowest BCUT2D eigenvalue weighted by Gasteiger charge is -2.22. The summed E-state index contributed by atoms with van der Waals surface area (Å²) in [6.45, 7) is 0.0168. The molecule has 1 aromatic heterocycles. The van der Waals surface area contributed by atoms with Crippen LogP contribution in [0.5, 0.6) is 0 Å². The summed E-state index contributed by atoms with van der Waals surface area (Å²) < 4.78 is 33.1. The second-order valence-electron chi connectivity index (χ2n) is 7.41. The van der Waals surface area contributed by atoms with Gasteiger partial charge in [0, 0.05) is 38.1 Å². The first-order valence-corrected chi connectivity index (χ1v) is 13.9. The third-order valence-corrected chi connectivity index (χ3v) is 7.68. The molecule has 3 aromatic carbocycles. The first-order valence-electron chi connectivity index (χ1n) is 10.2. The van der Waals surface area contributed by atoms with Crippen LogP contribution in [0.2, 0.25) is 15.1 Å². The van der Waals surface area contributed by atoms with Crippen LogP contribution < -0.4 is 9.62 Å². The number of nitrogens with zero attached hydrogens (tertiary/aromatic N) is 3. The largest absolute Gasteiger partial charge is 0.348 e. The lowest BCUT2D eigenvalue weighted by molar-refractivity contribution is 0.0951. The molecule has 0 aliphatic carbocycles. The van der Waals surface area contributed by atoms with Crippen molar-refractivity contribution in [1.82, 2.24) is 14.1 Å². The summed E-state index contributed by atoms with van der Waals surface area (Å²) in [7, 11) is 0. The van der Waals surface area contributed by atoms with E-state index in [0.29, 0.717) is 37.2 Å². The summed E-state index contributed by atoms with van der Waals surface area (Å²) in [5.74, 6) is -0.330. The fourth-order valence-corrected chi connectivity index (χ4v) is 5.91. The maximum Gasteiger partial charge on any atom is 0.268 e. The van der Waals surface area contributed by atoms with E-state index in [1.807, 2.05) is 30.3 Å². The van der Waals surface area contributed by atoms with E-state index in [2.05, 4.69) is 30.0 Å². The number of aromatic nitrogens is 2. The average Bonchev–Trinajstić information content (AvgIpc) is 3.26. The second-order valence-corrected chi connectivity index (χ2v) is 10.9. The Labute approximate surface area is 237 Å². The predicted octanol–water partition coefficient (Wildman–Crippen LogP) is 7.06. The van der Waals surface area contributed by atoms with Gasteiger partial charge in [-0.15, -0.1) is 0 Å². The van der Waals surface area contributed by atoms with Crippen LogP contribution in [0.1, 0.15) is 27.2 Å². The Morgan fingerprint density at radius 1 is 1.06 bits per heavy atom. The van der Waals surface area contributed by atoms with Crippen molar-refractivity contribution in [2.75, 3.05) is 4.31 Å². The van der Waals surface area contributed by atoms with Crippen molar-refractivity contribution in [3.63, 3.8) is 0 Å². The Kier molecular flexibility index (Phi) is 9.00. The van der Waals surface area contributed by atoms with Crippen LogP contribution in [-0.4, -0.2) is 23.4 Å². The van der Waals surface area contributed by atoms with Gasteiger partial charge in [-0.3, -0.25) is 9.35 Å². The van der Waals surface area contributed by atoms with E-state index in [1.165, 1.54) is 18.2 Å². The monoisotopic (exact) mass is 644 g/mol. The molecule has 2 N–H and O–H groups in total. The lowest BCUT2D eigenvalue weighted by Crippen LogP contribution is -2.28. The Hall–Kier alpha value is -2.05. The number of rotatable bonds is 8. The number of hydrogen-bond acceptors (Lipinski definition) is 5. The van der Waals surface area contributed by atoms with E-state index < -0.39 is 17.2 Å². The normalized spacial score (nSPS) is 11.8. The van der Waals surface area contributed by atoms with Crippen molar-refractivity contribution in [3.8, 4) is 0 Å². The summed E-state index contributed by atoms with van der Waals surface area (Å²) in [4.78, 5) is 13.2. The van der Waals surface area contributed by atoms with Gasteiger partial charge in [-0.25, -0.2) is 8.51 Å². The molecule has 1 heterocycles. The molecule has 186 valence electrons. The number of anilines is 2. The molecule has 0 bridgehead atoms. The molecular weight excluding hydrogens is 631 g/mol. The predicted molar refractivity (Wildman–Crippen MR) is 149 cm³/mol. The van der Waals surface area contributed by atoms with Crippen LogP contribution in [0, 0.1) is 0 Å². The third-order valence-electron chi connectivity index (χ3n) is 5.05. The SMILES string of the molecule is O=C(NCc1c(Cl)cc(Cl)cc1Cl)c1ccc(Br)cc1N(c1nsnc1Cc1ccccc1)S(=O)O. The molecule has 4 rings (SSSR count). The lowest BCUT2D eigenvalue weighted by atomic mass is 10.1. The Balaban J connectivity index is 1.68. The molecule has 4 aromatic rings. The van der Waals surface area contributed by atoms with Gasteiger partial charge in [0.2, 0.25) is 0 Å². The molecule has 0 spiro atoms. The van der Waals surface area contributed by atoms with Crippen molar-refractivity contribution < 1.29 is 13.6 Å². The molecule has 0 aliphatic heterocycles. The van der Waals surface area contributed by atoms with E-state index in [-0.39, 0.29) is 23.6 Å². The standard InChI is InChI=1S/C23H16BrCl3N4O3S2/c24-14-6-7-16(23(32)28-12-17-18(26)10-15(25)11-19(17)27)21(9-14)31(36(33)34)22-20(29-35-30-22)8-13-4-2-1-3-5-13/h1-7,9-11H,8,12H2,(H,28,32)(H,33,34). The number of carbonyl (C=O) groups excluding carboxylic acids is 1. The van der Waals surface area contributed by atoms with Crippen molar-refractivity contribution in [1.29, 1.82) is 0 Å². The molecule has 1 atom stereocenters. The van der Waals surface area contributed by atoms with E-state index in [4.69, 9.17) is 34.8 Å². The molecular formula is C23H16BrCl3N4O3S2. The maximum atomic E-state index is 13.2. The molecule has 13 heteroatoms. The number of carbonyl (C=O) groups is 1. The van der Waals surface area contributed by atoms with Gasteiger partial charge in [-0.05, 0) is 35.9 Å². The highest BCUT2D eigenvalue weighted by molar-refractivity contribution is 9.10. The minimum absolute atomic E-state index is 0.0168. The zero-order valence-corrected chi connectivity index (χ0v) is 23.6. The topological polar surface area (TPSA) is 95.4 Å². The van der Waals surface area contributed by atoms with E-state index in [0.717, 1.165) is 21.6 Å². The van der Waals surface area contributed by atoms with E-state index >= 15 is 0 Å². The molecule has 0 saturated heterocycles. The van der Waals surface area contributed by atoms with E-state index in [9.17, 15) is 13.6 Å². The quantitative estimate of drug-likeness (QED) is 0.200. The Bertz CT molecular complexity index is 1420. The average molecular weight is 647 g/mol. The zero-order chi connectivity index (χ0) is 25.8. The van der Waals surface area contributed by atoms with Crippen LogP contribution in [0.25, 0.3) is 0 Å². The molecule has 1 unspecified atom stereocenters. The van der Waals surface area contributed by atoms with Crippen molar-refractivity contribution in [2.24, 2.45) is 0 Å². The van der Waals surface area contributed by atoms with Crippen LogP contribution in [0.3, 0.4) is 0 Å². The van der Waals surface area contributed by atoms with Gasteiger partial charge in [0.25, 0.3) is 17.2 Å². The first kappa shape index (κ1) is 27.0. The number of hydrogen-bond donors (Lipinski definition) is 2. The molecule has 0 radical (unpaired) electrons. The first-order chi connectivity index (χ1) is 17.2. The smallest absolute Gasteiger partial charge is 0.268 e. The summed E-state index contributed by atoms with van der Waals surface area (Å²) in [6.07, 6.45) is 0.392. The van der Waals surface area contributed by atoms with Gasteiger partial charge in [-0.2, -0.15) is 8.75 Å². The van der Waals surface area contributed by atoms with Crippen LogP contribution >= 0.6 is 62.5 Å². The number of amides is 1. The van der Waals surface area contributed by atoms with Crippen LogP contribution in [-0.2, 0) is 24.2 Å². The summed E-state index contributed by atoms with van der Waals surface area (Å²) in [5.41, 5.74) is 2.25. The number of benzene rings is 3. The zero-order valence-electron chi connectivity index (χ0n) is 18.1. The van der Waals surface area contributed by atoms with Gasteiger partial charge in [0.15, 0.2) is 5.82 Å². The van der Waals surface area contributed by atoms with Gasteiger partial charge in [-0.1, -0.05) is 81.1 Å². The molecule has 0 aliphatic rings. The molecule has 7 nitrogen and oxygen atoms in total. The molecule has 36 heavy (non-hydrogen) atoms. The van der Waals surface area contributed by atoms with Crippen LogP contribution in [0.15, 0.2) is 65.1 Å². The second kappa shape index (κ2) is 12.0. The van der Waals surface area contributed by atoms with Crippen molar-refractivity contribution in [2.45, 2.75) is 13.0 Å². The molecule has 0 fully saturated rings. The fraction of sp³-hybridized carbons (Fsp3) is 0.0870. The van der Waals surface area contributed by atoms with Gasteiger partial charge < -0.3 is 5.32 Å². The van der Waals surface area contributed by atoms with Gasteiger partial charge >= 0.3 is 0 Å². The minimum Gasteiger partial charge on any atom is -0.348 e. The van der Waals surface area contributed by atoms with Crippen LogP contribution in [0.4, 0.5) is 11.5 Å². The third kappa shape index (κ3) is 6.25. The highest BCUT2D eigenvalue weighted by atomic mass is 79.9. The van der Waals surface area contributed by atoms with Crippen molar-refractivity contribution in [3.05, 3.63) is 103 Å². The van der Waals surface area contributed by atoms with Gasteiger partial charge in [0.1, 0.15) is 5.69 Å². The van der Waals surface area contributed by atoms with Gasteiger partial charge in [0.05, 0.1) is 23.0 Å². The summed E-state index contributed by atoms with van der Waals surface area (Å²) in [6, 6.07) is 17.4. The molecule has 0 saturated carbocycles. The van der Waals surface area contributed by atoms with E-state index in [1.54, 1.807) is 12.1 Å². The summed E-state index contributed by atoms with van der Waals surface area (Å²) >= 11 is 20.2. The number of nitrogens with one attached hydrogen (secondary N) is 1. The highest BCUT2D eigenvalue weighted by Crippen LogP contribution is 2.35. The van der Waals surface area contributed by atoms with Crippen molar-refractivity contribution >= 4 is 91.1 Å². The highest BCUT2D eigenvalue weighted by Gasteiger charge is 2.27. The number of halogens is 4. The summed E-state index contributed by atoms with van der Waals surface area (Å²) in [5, 5.41) is 3.75. The minimum atomic E-state index is -2.56.